The van der Waals surface area contributed by atoms with E-state index in [2.05, 4.69) is 6.92 Å². The van der Waals surface area contributed by atoms with E-state index in [0.29, 0.717) is 24.6 Å². The zero-order chi connectivity index (χ0) is 19.1. The van der Waals surface area contributed by atoms with Crippen molar-refractivity contribution in [1.29, 1.82) is 0 Å². The van der Waals surface area contributed by atoms with Crippen molar-refractivity contribution >= 4 is 27.5 Å². The van der Waals surface area contributed by atoms with Crippen molar-refractivity contribution in [2.75, 3.05) is 13.1 Å². The van der Waals surface area contributed by atoms with Crippen LogP contribution in [0.5, 0.6) is 0 Å². The first-order chi connectivity index (χ1) is 12.2. The monoisotopic (exact) mass is 398 g/mol. The average molecular weight is 399 g/mol. The summed E-state index contributed by atoms with van der Waals surface area (Å²) in [5.74, 6) is 0.205. The van der Waals surface area contributed by atoms with Crippen LogP contribution < -0.4 is 0 Å². The lowest BCUT2D eigenvalue weighted by atomic mass is 10.0. The van der Waals surface area contributed by atoms with Gasteiger partial charge in [-0.1, -0.05) is 18.5 Å². The average Bonchev–Trinajstić information content (AvgIpc) is 3.39. The lowest BCUT2D eigenvalue weighted by Crippen LogP contribution is -2.40. The fraction of sp³-hybridized carbons (Fsp3) is 0.632. The van der Waals surface area contributed by atoms with E-state index in [4.69, 9.17) is 11.6 Å². The van der Waals surface area contributed by atoms with Crippen molar-refractivity contribution < 1.29 is 13.2 Å². The number of hydrogen-bond donors (Lipinski definition) is 0. The third-order valence-corrected chi connectivity index (χ3v) is 7.49. The standard InChI is InChI=1S/C19H27ClN2O3S/c1-13(2)22(16-7-8-16)19(23)15-6-9-17(20)18(11-15)26(24,25)21-10-4-5-14(3)12-21/h6,9,11,13-14,16H,4-5,7-8,10,12H2,1-3H3. The summed E-state index contributed by atoms with van der Waals surface area (Å²) in [5.41, 5.74) is 0.388. The molecule has 2 fully saturated rings. The Balaban J connectivity index is 1.93. The zero-order valence-electron chi connectivity index (χ0n) is 15.6. The molecule has 26 heavy (non-hydrogen) atoms. The molecule has 1 aromatic carbocycles. The number of benzene rings is 1. The minimum atomic E-state index is -3.70. The SMILES string of the molecule is CC1CCCN(S(=O)(=O)c2cc(C(=O)N(C(C)C)C3CC3)ccc2Cl)C1. The molecule has 144 valence electrons. The highest BCUT2D eigenvalue weighted by Gasteiger charge is 2.36. The second kappa shape index (κ2) is 7.49. The number of hydrogen-bond acceptors (Lipinski definition) is 3. The number of rotatable bonds is 5. The lowest BCUT2D eigenvalue weighted by molar-refractivity contribution is 0.0690. The number of halogens is 1. The summed E-state index contributed by atoms with van der Waals surface area (Å²) in [5, 5.41) is 0.169. The summed E-state index contributed by atoms with van der Waals surface area (Å²) in [6.45, 7) is 7.02. The van der Waals surface area contributed by atoms with Crippen molar-refractivity contribution in [2.24, 2.45) is 5.92 Å². The zero-order valence-corrected chi connectivity index (χ0v) is 17.2. The summed E-state index contributed by atoms with van der Waals surface area (Å²) >= 11 is 6.23. The van der Waals surface area contributed by atoms with Crippen molar-refractivity contribution in [3.8, 4) is 0 Å². The minimum Gasteiger partial charge on any atom is -0.333 e. The molecule has 0 spiro atoms. The molecular weight excluding hydrogens is 372 g/mol. The molecule has 1 aliphatic heterocycles. The fourth-order valence-electron chi connectivity index (χ4n) is 3.66. The van der Waals surface area contributed by atoms with Gasteiger partial charge in [-0.2, -0.15) is 4.31 Å². The maximum absolute atomic E-state index is 13.1. The molecule has 0 radical (unpaired) electrons. The van der Waals surface area contributed by atoms with Crippen LogP contribution in [0, 0.1) is 5.92 Å². The van der Waals surface area contributed by atoms with Gasteiger partial charge in [0.1, 0.15) is 4.90 Å². The molecule has 1 saturated carbocycles. The van der Waals surface area contributed by atoms with E-state index in [1.807, 2.05) is 18.7 Å². The molecule has 5 nitrogen and oxygen atoms in total. The highest BCUT2D eigenvalue weighted by atomic mass is 35.5. The van der Waals surface area contributed by atoms with Gasteiger partial charge in [0, 0.05) is 30.7 Å². The van der Waals surface area contributed by atoms with E-state index in [0.717, 1.165) is 25.7 Å². The second-order valence-electron chi connectivity index (χ2n) is 7.79. The van der Waals surface area contributed by atoms with Gasteiger partial charge < -0.3 is 4.90 Å². The molecule has 2 aliphatic rings. The van der Waals surface area contributed by atoms with Crippen molar-refractivity contribution in [2.45, 2.75) is 63.4 Å². The largest absolute Gasteiger partial charge is 0.333 e. The van der Waals surface area contributed by atoms with Crippen LogP contribution in [0.2, 0.25) is 5.02 Å². The number of amides is 1. The summed E-state index contributed by atoms with van der Waals surface area (Å²) in [6, 6.07) is 4.95. The van der Waals surface area contributed by atoms with Crippen molar-refractivity contribution in [3.63, 3.8) is 0 Å². The Labute approximate surface area is 161 Å². The molecule has 1 atom stereocenters. The molecule has 1 heterocycles. The van der Waals surface area contributed by atoms with E-state index in [-0.39, 0.29) is 27.9 Å². The third kappa shape index (κ3) is 3.92. The van der Waals surface area contributed by atoms with Gasteiger partial charge in [0.15, 0.2) is 0 Å². The number of nitrogens with zero attached hydrogens (tertiary/aromatic N) is 2. The van der Waals surface area contributed by atoms with E-state index < -0.39 is 10.0 Å². The number of sulfonamides is 1. The molecule has 1 amide bonds. The van der Waals surface area contributed by atoms with E-state index >= 15 is 0 Å². The number of carbonyl (C=O) groups excluding carboxylic acids is 1. The molecule has 1 saturated heterocycles. The molecular formula is C19H27ClN2O3S. The quantitative estimate of drug-likeness (QED) is 0.758. The summed E-state index contributed by atoms with van der Waals surface area (Å²) in [7, 11) is -3.70. The van der Waals surface area contributed by atoms with Crippen molar-refractivity contribution in [1.82, 2.24) is 9.21 Å². The van der Waals surface area contributed by atoms with Crippen LogP contribution in [-0.2, 0) is 10.0 Å². The number of piperidine rings is 1. The molecule has 0 N–H and O–H groups in total. The molecule has 1 aromatic rings. The van der Waals surface area contributed by atoms with Gasteiger partial charge in [-0.15, -0.1) is 0 Å². The van der Waals surface area contributed by atoms with Gasteiger partial charge in [0.2, 0.25) is 10.0 Å². The van der Waals surface area contributed by atoms with Gasteiger partial charge >= 0.3 is 0 Å². The number of carbonyl (C=O) groups is 1. The van der Waals surface area contributed by atoms with E-state index in [1.165, 1.54) is 16.4 Å². The smallest absolute Gasteiger partial charge is 0.254 e. The van der Waals surface area contributed by atoms with Crippen LogP contribution in [0.25, 0.3) is 0 Å². The maximum Gasteiger partial charge on any atom is 0.254 e. The van der Waals surface area contributed by atoms with Gasteiger partial charge in [0.05, 0.1) is 5.02 Å². The minimum absolute atomic E-state index is 0.0404. The molecule has 0 bridgehead atoms. The van der Waals surface area contributed by atoms with Crippen LogP contribution in [0.4, 0.5) is 0 Å². The van der Waals surface area contributed by atoms with Gasteiger partial charge in [-0.25, -0.2) is 8.42 Å². The third-order valence-electron chi connectivity index (χ3n) is 5.15. The van der Waals surface area contributed by atoms with Crippen LogP contribution in [0.3, 0.4) is 0 Å². The van der Waals surface area contributed by atoms with Crippen LogP contribution in [0.1, 0.15) is 56.8 Å². The van der Waals surface area contributed by atoms with Gasteiger partial charge in [-0.3, -0.25) is 4.79 Å². The predicted octanol–water partition coefficient (Wildman–Crippen LogP) is 3.77. The molecule has 3 rings (SSSR count). The summed E-state index contributed by atoms with van der Waals surface area (Å²) in [6.07, 6.45) is 3.89. The molecule has 7 heteroatoms. The van der Waals surface area contributed by atoms with Crippen LogP contribution >= 0.6 is 11.6 Å². The Kier molecular flexibility index (Phi) is 5.66. The normalized spacial score (nSPS) is 21.8. The van der Waals surface area contributed by atoms with E-state index in [9.17, 15) is 13.2 Å². The lowest BCUT2D eigenvalue weighted by Gasteiger charge is -2.30. The highest BCUT2D eigenvalue weighted by molar-refractivity contribution is 7.89. The predicted molar refractivity (Wildman–Crippen MR) is 103 cm³/mol. The molecule has 1 unspecified atom stereocenters. The van der Waals surface area contributed by atoms with Gasteiger partial charge in [-0.05, 0) is 63.6 Å². The van der Waals surface area contributed by atoms with Crippen LogP contribution in [-0.4, -0.2) is 48.7 Å². The maximum atomic E-state index is 13.1. The van der Waals surface area contributed by atoms with E-state index in [1.54, 1.807) is 6.07 Å². The van der Waals surface area contributed by atoms with Crippen LogP contribution in [0.15, 0.2) is 23.1 Å². The van der Waals surface area contributed by atoms with Gasteiger partial charge in [0.25, 0.3) is 5.91 Å². The molecule has 1 aliphatic carbocycles. The summed E-state index contributed by atoms with van der Waals surface area (Å²) < 4.78 is 27.7. The Morgan fingerprint density at radius 2 is 1.96 bits per heavy atom. The first kappa shape index (κ1) is 19.6. The summed E-state index contributed by atoms with van der Waals surface area (Å²) in [4.78, 5) is 14.9. The Hall–Kier alpha value is -1.11. The Bertz CT molecular complexity index is 788. The Morgan fingerprint density at radius 3 is 2.54 bits per heavy atom. The Morgan fingerprint density at radius 1 is 1.27 bits per heavy atom. The molecule has 0 aromatic heterocycles. The topological polar surface area (TPSA) is 57.7 Å². The second-order valence-corrected chi connectivity index (χ2v) is 10.1. The fourth-order valence-corrected chi connectivity index (χ4v) is 5.76. The first-order valence-corrected chi connectivity index (χ1v) is 11.2. The first-order valence-electron chi connectivity index (χ1n) is 9.34. The van der Waals surface area contributed by atoms with Crippen molar-refractivity contribution in [3.05, 3.63) is 28.8 Å². The highest BCUT2D eigenvalue weighted by Crippen LogP contribution is 2.32.